The predicted octanol–water partition coefficient (Wildman–Crippen LogP) is 3.27. The van der Waals surface area contributed by atoms with E-state index in [1.807, 2.05) is 23.1 Å². The molecule has 0 unspecified atom stereocenters. The largest absolute Gasteiger partial charge is 0.354 e. The van der Waals surface area contributed by atoms with E-state index in [2.05, 4.69) is 20.3 Å². The molecule has 2 aliphatic heterocycles. The van der Waals surface area contributed by atoms with Crippen LogP contribution in [0.4, 0.5) is 21.7 Å². The molecule has 164 valence electrons. The van der Waals surface area contributed by atoms with Crippen molar-refractivity contribution in [3.05, 3.63) is 70.9 Å². The van der Waals surface area contributed by atoms with Gasteiger partial charge < -0.3 is 20.4 Å². The van der Waals surface area contributed by atoms with Gasteiger partial charge in [0.05, 0.1) is 16.1 Å². The molecular weight excluding hydrogens is 449 g/mol. The second-order valence-corrected chi connectivity index (χ2v) is 8.38. The third-order valence-electron chi connectivity index (χ3n) is 6.03. The van der Waals surface area contributed by atoms with Crippen LogP contribution >= 0.6 is 11.6 Å². The van der Waals surface area contributed by atoms with E-state index in [-0.39, 0.29) is 16.4 Å². The van der Waals surface area contributed by atoms with Crippen LogP contribution in [0.15, 0.2) is 48.9 Å². The number of anilines is 3. The van der Waals surface area contributed by atoms with Crippen LogP contribution in [0.5, 0.6) is 0 Å². The Kier molecular flexibility index (Phi) is 4.19. The molecular formula is C23H15ClFN5O3. The summed E-state index contributed by atoms with van der Waals surface area (Å²) < 4.78 is 13.9. The van der Waals surface area contributed by atoms with E-state index in [1.54, 1.807) is 12.3 Å². The van der Waals surface area contributed by atoms with E-state index in [9.17, 15) is 19.4 Å². The Morgan fingerprint density at radius 1 is 1.09 bits per heavy atom. The van der Waals surface area contributed by atoms with Crippen LogP contribution in [0.2, 0.25) is 5.02 Å². The third kappa shape index (κ3) is 2.97. The number of halogens is 2. The first-order chi connectivity index (χ1) is 15.8. The standard InChI is InChI=1S/C23H15ClFN5O3/c24-16-8-19-12(7-17(16)25)3-4-30(19)21-14-5-11(1-2-18(14)27-10-28-21)13-6-15-20(26-9-13)29-22(31)23(15,32)33/h1-2,5-10,32-33H,3-4H2,(H,26,29,31). The fourth-order valence-electron chi connectivity index (χ4n) is 4.34. The van der Waals surface area contributed by atoms with Crippen molar-refractivity contribution in [3.63, 3.8) is 0 Å². The fourth-order valence-corrected chi connectivity index (χ4v) is 4.50. The van der Waals surface area contributed by atoms with Gasteiger partial charge >= 0.3 is 0 Å². The molecule has 0 aliphatic carbocycles. The van der Waals surface area contributed by atoms with Gasteiger partial charge in [-0.3, -0.25) is 4.79 Å². The average Bonchev–Trinajstić information content (AvgIpc) is 3.30. The average molecular weight is 464 g/mol. The Morgan fingerprint density at radius 3 is 2.79 bits per heavy atom. The number of aliphatic hydroxyl groups is 2. The van der Waals surface area contributed by atoms with Gasteiger partial charge in [0.1, 0.15) is 23.8 Å². The van der Waals surface area contributed by atoms with Gasteiger partial charge in [-0.2, -0.15) is 0 Å². The van der Waals surface area contributed by atoms with E-state index in [1.165, 1.54) is 18.5 Å². The highest BCUT2D eigenvalue weighted by Gasteiger charge is 2.44. The second kappa shape index (κ2) is 6.92. The minimum atomic E-state index is -2.64. The molecule has 2 aromatic heterocycles. The van der Waals surface area contributed by atoms with Crippen LogP contribution in [-0.2, 0) is 17.0 Å². The number of aromatic nitrogens is 3. The molecule has 0 spiro atoms. The maximum Gasteiger partial charge on any atom is 0.290 e. The maximum atomic E-state index is 13.9. The molecule has 10 heteroatoms. The van der Waals surface area contributed by atoms with Gasteiger partial charge in [0.2, 0.25) is 0 Å². The molecule has 2 aromatic carbocycles. The number of nitrogens with zero attached hydrogens (tertiary/aromatic N) is 4. The number of pyridine rings is 1. The van der Waals surface area contributed by atoms with Crippen LogP contribution in [0, 0.1) is 5.82 Å². The fraction of sp³-hybridized carbons (Fsp3) is 0.130. The highest BCUT2D eigenvalue weighted by atomic mass is 35.5. The van der Waals surface area contributed by atoms with Crippen LogP contribution in [0.3, 0.4) is 0 Å². The van der Waals surface area contributed by atoms with Crippen LogP contribution < -0.4 is 10.2 Å². The number of hydrogen-bond acceptors (Lipinski definition) is 7. The zero-order valence-electron chi connectivity index (χ0n) is 16.9. The van der Waals surface area contributed by atoms with Crippen LogP contribution in [-0.4, -0.2) is 37.6 Å². The lowest BCUT2D eigenvalue weighted by molar-refractivity contribution is -0.180. The van der Waals surface area contributed by atoms with Gasteiger partial charge in [-0.1, -0.05) is 17.7 Å². The number of benzene rings is 2. The van der Waals surface area contributed by atoms with Crippen molar-refractivity contribution in [1.29, 1.82) is 0 Å². The van der Waals surface area contributed by atoms with E-state index in [0.717, 1.165) is 22.2 Å². The minimum absolute atomic E-state index is 0.0141. The molecule has 4 heterocycles. The molecule has 4 aromatic rings. The highest BCUT2D eigenvalue weighted by molar-refractivity contribution is 6.31. The van der Waals surface area contributed by atoms with Gasteiger partial charge in [0.25, 0.3) is 11.7 Å². The quantitative estimate of drug-likeness (QED) is 0.391. The predicted molar refractivity (Wildman–Crippen MR) is 120 cm³/mol. The van der Waals surface area contributed by atoms with Crippen molar-refractivity contribution in [1.82, 2.24) is 15.0 Å². The topological polar surface area (TPSA) is 111 Å². The number of nitrogens with one attached hydrogen (secondary N) is 1. The second-order valence-electron chi connectivity index (χ2n) is 7.97. The van der Waals surface area contributed by atoms with Gasteiger partial charge in [-0.25, -0.2) is 19.3 Å². The summed E-state index contributed by atoms with van der Waals surface area (Å²) in [5, 5.41) is 23.4. The summed E-state index contributed by atoms with van der Waals surface area (Å²) in [4.78, 5) is 26.8. The van der Waals surface area contributed by atoms with E-state index in [0.29, 0.717) is 29.9 Å². The molecule has 0 saturated carbocycles. The summed E-state index contributed by atoms with van der Waals surface area (Å²) in [6.45, 7) is 0.608. The first kappa shape index (κ1) is 20.0. The van der Waals surface area contributed by atoms with Gasteiger partial charge in [-0.15, -0.1) is 0 Å². The molecule has 33 heavy (non-hydrogen) atoms. The number of carbonyl (C=O) groups is 1. The number of amides is 1. The summed E-state index contributed by atoms with van der Waals surface area (Å²) in [5.74, 6) is -3.28. The van der Waals surface area contributed by atoms with Gasteiger partial charge in [-0.05, 0) is 47.9 Å². The molecule has 0 atom stereocenters. The normalized spacial score (nSPS) is 16.1. The van der Waals surface area contributed by atoms with Crippen molar-refractivity contribution in [3.8, 4) is 11.1 Å². The molecule has 0 bridgehead atoms. The lowest BCUT2D eigenvalue weighted by Crippen LogP contribution is -2.33. The molecule has 6 rings (SSSR count). The SMILES string of the molecule is O=C1Nc2ncc(-c3ccc4ncnc(N5CCc6cc(F)c(Cl)cc65)c4c3)cc2C1(O)O. The number of fused-ring (bicyclic) bond motifs is 3. The highest BCUT2D eigenvalue weighted by Crippen LogP contribution is 2.40. The van der Waals surface area contributed by atoms with Crippen LogP contribution in [0.1, 0.15) is 11.1 Å². The molecule has 0 radical (unpaired) electrons. The van der Waals surface area contributed by atoms with Crippen LogP contribution in [0.25, 0.3) is 22.0 Å². The first-order valence-corrected chi connectivity index (χ1v) is 10.5. The maximum absolute atomic E-state index is 13.9. The Morgan fingerprint density at radius 2 is 1.94 bits per heavy atom. The molecule has 2 aliphatic rings. The molecule has 8 nitrogen and oxygen atoms in total. The van der Waals surface area contributed by atoms with Crippen molar-refractivity contribution in [2.45, 2.75) is 12.2 Å². The van der Waals surface area contributed by atoms with E-state index in [4.69, 9.17) is 11.6 Å². The molecule has 1 amide bonds. The van der Waals surface area contributed by atoms with Crippen molar-refractivity contribution < 1.29 is 19.4 Å². The van der Waals surface area contributed by atoms with Gasteiger partial charge in [0.15, 0.2) is 0 Å². The monoisotopic (exact) mass is 463 g/mol. The molecule has 0 fully saturated rings. The zero-order chi connectivity index (χ0) is 22.9. The van der Waals surface area contributed by atoms with Gasteiger partial charge in [0, 0.05) is 29.4 Å². The van der Waals surface area contributed by atoms with E-state index >= 15 is 0 Å². The van der Waals surface area contributed by atoms with Crippen molar-refractivity contribution >= 4 is 45.7 Å². The number of rotatable bonds is 2. The summed E-state index contributed by atoms with van der Waals surface area (Å²) in [5.41, 5.74) is 3.64. The Labute approximate surface area is 191 Å². The number of carbonyl (C=O) groups excluding carboxylic acids is 1. The Hall–Kier alpha value is -3.66. The van der Waals surface area contributed by atoms with E-state index < -0.39 is 17.5 Å². The number of hydrogen-bond donors (Lipinski definition) is 3. The van der Waals surface area contributed by atoms with Crippen molar-refractivity contribution in [2.24, 2.45) is 0 Å². The Bertz CT molecular complexity index is 1490. The molecule has 0 saturated heterocycles. The summed E-state index contributed by atoms with van der Waals surface area (Å²) in [7, 11) is 0. The summed E-state index contributed by atoms with van der Waals surface area (Å²) in [6, 6.07) is 10.1. The molecule has 3 N–H and O–H groups in total. The third-order valence-corrected chi connectivity index (χ3v) is 6.32. The Balaban J connectivity index is 1.48. The summed E-state index contributed by atoms with van der Waals surface area (Å²) in [6.07, 6.45) is 3.67. The lowest BCUT2D eigenvalue weighted by Gasteiger charge is -2.20. The van der Waals surface area contributed by atoms with Crippen molar-refractivity contribution in [2.75, 3.05) is 16.8 Å². The zero-order valence-corrected chi connectivity index (χ0v) is 17.6. The summed E-state index contributed by atoms with van der Waals surface area (Å²) >= 11 is 6.04. The smallest absolute Gasteiger partial charge is 0.290 e. The first-order valence-electron chi connectivity index (χ1n) is 10.1. The minimum Gasteiger partial charge on any atom is -0.354 e. The lowest BCUT2D eigenvalue weighted by atomic mass is 10.0.